The molecule has 39 heavy (non-hydrogen) atoms. The number of nitrogens with one attached hydrogen (secondary N) is 1. The van der Waals surface area contributed by atoms with Gasteiger partial charge in [-0.3, -0.25) is 14.6 Å². The number of aliphatic imine (C=N–C) groups is 1. The number of amides is 2. The number of nitrogens with zero attached hydrogens (tertiary/aromatic N) is 3. The van der Waals surface area contributed by atoms with E-state index >= 15 is 0 Å². The van der Waals surface area contributed by atoms with Crippen molar-refractivity contribution in [3.63, 3.8) is 0 Å². The number of likely N-dealkylation sites (tertiary alicyclic amines) is 1. The van der Waals surface area contributed by atoms with Crippen LogP contribution in [0.5, 0.6) is 0 Å². The maximum Gasteiger partial charge on any atom is 0.236 e. The van der Waals surface area contributed by atoms with E-state index in [4.69, 9.17) is 17.2 Å². The average molecular weight is 540 g/mol. The molecule has 2 heterocycles. The van der Waals surface area contributed by atoms with E-state index in [2.05, 4.69) is 53.3 Å². The molecule has 2 amide bonds. The van der Waals surface area contributed by atoms with Gasteiger partial charge in [0.15, 0.2) is 5.96 Å². The maximum atomic E-state index is 14.0. The van der Waals surface area contributed by atoms with E-state index in [0.29, 0.717) is 45.1 Å². The first-order valence-corrected chi connectivity index (χ1v) is 14.9. The molecular weight excluding hydrogens is 490 g/mol. The van der Waals surface area contributed by atoms with Crippen LogP contribution < -0.4 is 22.5 Å². The van der Waals surface area contributed by atoms with Crippen LogP contribution in [0, 0.1) is 11.8 Å². The molecule has 0 unspecified atom stereocenters. The number of carbonyl (C=O) groups excluding carboxylic acids is 2. The van der Waals surface area contributed by atoms with Gasteiger partial charge in [-0.2, -0.15) is 0 Å². The van der Waals surface area contributed by atoms with E-state index in [1.54, 1.807) is 0 Å². The van der Waals surface area contributed by atoms with E-state index in [9.17, 15) is 9.59 Å². The first kappa shape index (κ1) is 29.3. The van der Waals surface area contributed by atoms with Gasteiger partial charge in [0.05, 0.1) is 11.5 Å². The van der Waals surface area contributed by atoms with Gasteiger partial charge in [-0.15, -0.1) is 0 Å². The second-order valence-corrected chi connectivity index (χ2v) is 12.2. The summed E-state index contributed by atoms with van der Waals surface area (Å²) in [6, 6.07) is 8.48. The lowest BCUT2D eigenvalue weighted by atomic mass is 9.67. The molecule has 1 aromatic carbocycles. The Morgan fingerprint density at radius 3 is 2.49 bits per heavy atom. The maximum absolute atomic E-state index is 14.0. The normalized spacial score (nSPS) is 23.9. The van der Waals surface area contributed by atoms with Crippen molar-refractivity contribution in [3.8, 4) is 0 Å². The molecule has 1 aliphatic carbocycles. The lowest BCUT2D eigenvalue weighted by molar-refractivity contribution is -0.142. The lowest BCUT2D eigenvalue weighted by Crippen LogP contribution is -2.58. The first-order valence-electron chi connectivity index (χ1n) is 14.9. The number of hydrogen-bond acceptors (Lipinski definition) is 5. The van der Waals surface area contributed by atoms with Crippen molar-refractivity contribution in [2.75, 3.05) is 32.7 Å². The highest BCUT2D eigenvalue weighted by Gasteiger charge is 2.49. The molecule has 1 spiro atoms. The predicted molar refractivity (Wildman–Crippen MR) is 156 cm³/mol. The zero-order chi connectivity index (χ0) is 28.0. The minimum atomic E-state index is -0.622. The molecule has 0 aromatic heterocycles. The van der Waals surface area contributed by atoms with Crippen LogP contribution in [0.2, 0.25) is 0 Å². The van der Waals surface area contributed by atoms with Crippen molar-refractivity contribution in [2.24, 2.45) is 34.0 Å². The van der Waals surface area contributed by atoms with Crippen molar-refractivity contribution >= 4 is 17.8 Å². The average Bonchev–Trinajstić information content (AvgIpc) is 2.94. The molecule has 216 valence electrons. The van der Waals surface area contributed by atoms with Gasteiger partial charge in [0, 0.05) is 32.2 Å². The summed E-state index contributed by atoms with van der Waals surface area (Å²) >= 11 is 0. The first-order chi connectivity index (χ1) is 18.7. The summed E-state index contributed by atoms with van der Waals surface area (Å²) in [5, 5.41) is 2.93. The molecule has 1 atom stereocenters. The van der Waals surface area contributed by atoms with Crippen LogP contribution in [0.1, 0.15) is 76.3 Å². The molecule has 7 N–H and O–H groups in total. The Hall–Kier alpha value is -2.65. The second kappa shape index (κ2) is 13.1. The van der Waals surface area contributed by atoms with Crippen LogP contribution in [-0.4, -0.2) is 72.4 Å². The number of fused-ring (bicyclic) bond motifs is 2. The number of rotatable bonds is 10. The molecule has 1 aromatic rings. The Balaban J connectivity index is 1.33. The van der Waals surface area contributed by atoms with Gasteiger partial charge >= 0.3 is 0 Å². The van der Waals surface area contributed by atoms with Gasteiger partial charge in [0.2, 0.25) is 11.8 Å². The summed E-state index contributed by atoms with van der Waals surface area (Å²) in [6.45, 7) is 8.53. The van der Waals surface area contributed by atoms with Crippen molar-refractivity contribution in [3.05, 3.63) is 35.4 Å². The fourth-order valence-corrected chi connectivity index (χ4v) is 6.98. The highest BCUT2D eigenvalue weighted by molar-refractivity contribution is 5.90. The number of piperidine rings is 1. The smallest absolute Gasteiger partial charge is 0.236 e. The predicted octanol–water partition coefficient (Wildman–Crippen LogP) is 2.07. The van der Waals surface area contributed by atoms with Crippen LogP contribution in [0.15, 0.2) is 29.3 Å². The number of hydrogen-bond donors (Lipinski definition) is 4. The van der Waals surface area contributed by atoms with Gasteiger partial charge in [-0.25, -0.2) is 0 Å². The van der Waals surface area contributed by atoms with Crippen molar-refractivity contribution < 1.29 is 9.59 Å². The van der Waals surface area contributed by atoms with Crippen molar-refractivity contribution in [1.82, 2.24) is 15.1 Å². The Morgan fingerprint density at radius 1 is 1.13 bits per heavy atom. The minimum Gasteiger partial charge on any atom is -0.370 e. The molecule has 1 saturated carbocycles. The van der Waals surface area contributed by atoms with Gasteiger partial charge in [0.1, 0.15) is 0 Å². The molecule has 2 aliphatic heterocycles. The molecule has 1 saturated heterocycles. The summed E-state index contributed by atoms with van der Waals surface area (Å²) in [7, 11) is 0. The Bertz CT molecular complexity index is 1010. The fraction of sp³-hybridized carbons (Fsp3) is 0.700. The molecular formula is C30H49N7O2. The molecule has 4 rings (SSSR count). The van der Waals surface area contributed by atoms with Gasteiger partial charge in [-0.1, -0.05) is 38.1 Å². The summed E-state index contributed by atoms with van der Waals surface area (Å²) in [5.41, 5.74) is 18.7. The molecule has 9 nitrogen and oxygen atoms in total. The van der Waals surface area contributed by atoms with E-state index in [-0.39, 0.29) is 17.8 Å². The highest BCUT2D eigenvalue weighted by Crippen LogP contribution is 2.44. The van der Waals surface area contributed by atoms with Crippen LogP contribution in [0.3, 0.4) is 0 Å². The summed E-state index contributed by atoms with van der Waals surface area (Å²) in [4.78, 5) is 35.1. The van der Waals surface area contributed by atoms with Crippen molar-refractivity contribution in [1.29, 1.82) is 0 Å². The topological polar surface area (TPSA) is 143 Å². The number of nitrogens with two attached hydrogens (primary N) is 3. The van der Waals surface area contributed by atoms with E-state index in [0.717, 1.165) is 37.8 Å². The zero-order valence-electron chi connectivity index (χ0n) is 23.9. The third-order valence-electron chi connectivity index (χ3n) is 9.43. The molecule has 3 aliphatic rings. The van der Waals surface area contributed by atoms with Crippen LogP contribution >= 0.6 is 0 Å². The van der Waals surface area contributed by atoms with Crippen molar-refractivity contribution in [2.45, 2.75) is 89.3 Å². The highest BCUT2D eigenvalue weighted by atomic mass is 16.2. The Kier molecular flexibility index (Phi) is 9.88. The van der Waals surface area contributed by atoms with E-state index in [1.807, 2.05) is 4.90 Å². The Labute approximate surface area is 233 Å². The van der Waals surface area contributed by atoms with Gasteiger partial charge in [0.25, 0.3) is 0 Å². The summed E-state index contributed by atoms with van der Waals surface area (Å²) in [5.74, 6) is 1.67. The Morgan fingerprint density at radius 2 is 1.82 bits per heavy atom. The molecule has 2 fully saturated rings. The quantitative estimate of drug-likeness (QED) is 0.204. The fourth-order valence-electron chi connectivity index (χ4n) is 6.98. The molecule has 9 heteroatoms. The van der Waals surface area contributed by atoms with Crippen LogP contribution in [0.25, 0.3) is 0 Å². The SMILES string of the molecule is CC(C)C1CCC(N2CCC3(CC2)C(=O)N(CCNC(=O)[C@H](N)CCCN=C(N)N)Cc2ccccc23)CC1. The number of carbonyl (C=O) groups is 2. The van der Waals surface area contributed by atoms with E-state index in [1.165, 1.54) is 36.8 Å². The summed E-state index contributed by atoms with van der Waals surface area (Å²) < 4.78 is 0. The third kappa shape index (κ3) is 6.92. The van der Waals surface area contributed by atoms with Gasteiger partial charge in [-0.05, 0) is 87.4 Å². The van der Waals surface area contributed by atoms with Crippen LogP contribution in [-0.2, 0) is 21.5 Å². The third-order valence-corrected chi connectivity index (χ3v) is 9.43. The standard InChI is InChI=1S/C30H49N7O2/c1-21(2)22-9-11-24(12-10-22)36-17-13-30(14-18-36)25-7-4-3-6-23(25)20-37(28(30)39)19-16-34-27(38)26(31)8-5-15-35-29(32)33/h3-4,6-7,21-22,24,26H,5,8-20,31H2,1-2H3,(H,34,38)(H4,32,33,35)/t22?,24?,26-/m1/s1. The van der Waals surface area contributed by atoms with Crippen LogP contribution in [0.4, 0.5) is 0 Å². The summed E-state index contributed by atoms with van der Waals surface area (Å²) in [6.07, 6.45) is 8.05. The largest absolute Gasteiger partial charge is 0.370 e. The van der Waals surface area contributed by atoms with Gasteiger partial charge < -0.3 is 32.3 Å². The second-order valence-electron chi connectivity index (χ2n) is 12.2. The monoisotopic (exact) mass is 539 g/mol. The lowest BCUT2D eigenvalue weighted by Gasteiger charge is -2.49. The minimum absolute atomic E-state index is 0.0398. The zero-order valence-corrected chi connectivity index (χ0v) is 23.9. The van der Waals surface area contributed by atoms with E-state index < -0.39 is 11.5 Å². The number of guanidine groups is 1. The number of benzene rings is 1. The molecule has 0 bridgehead atoms. The molecule has 0 radical (unpaired) electrons.